The van der Waals surface area contributed by atoms with Crippen molar-refractivity contribution in [2.45, 2.75) is 0 Å². The molecule has 1 heterocycles. The van der Waals surface area contributed by atoms with Crippen molar-refractivity contribution in [2.24, 2.45) is 7.05 Å². The van der Waals surface area contributed by atoms with E-state index in [1.807, 2.05) is 0 Å². The topological polar surface area (TPSA) is 69.9 Å². The van der Waals surface area contributed by atoms with E-state index in [9.17, 15) is 9.90 Å². The molecule has 0 radical (unpaired) electrons. The predicted octanol–water partition coefficient (Wildman–Crippen LogP) is 2.42. The van der Waals surface area contributed by atoms with Crippen LogP contribution in [0.15, 0.2) is 29.1 Å². The Bertz CT molecular complexity index is 975. The van der Waals surface area contributed by atoms with Crippen LogP contribution < -0.4 is 19.6 Å². The second kappa shape index (κ2) is 5.39. The van der Waals surface area contributed by atoms with E-state index in [2.05, 4.69) is 0 Å². The van der Waals surface area contributed by atoms with E-state index in [1.54, 1.807) is 43.0 Å². The highest BCUT2D eigenvalue weighted by Gasteiger charge is 2.21. The number of hydrogen-bond donors (Lipinski definition) is 1. The van der Waals surface area contributed by atoms with Crippen LogP contribution in [-0.2, 0) is 7.05 Å². The lowest BCUT2D eigenvalue weighted by Gasteiger charge is -2.17. The summed E-state index contributed by atoms with van der Waals surface area (Å²) in [5.74, 6) is 0.839. The third kappa shape index (κ3) is 1.98. The molecular weight excluding hydrogens is 298 g/mol. The third-order valence-corrected chi connectivity index (χ3v) is 4.01. The fourth-order valence-corrected chi connectivity index (χ4v) is 2.92. The highest BCUT2D eigenvalue weighted by Crippen LogP contribution is 2.42. The minimum Gasteiger partial charge on any atom is -0.504 e. The molecule has 0 fully saturated rings. The highest BCUT2D eigenvalue weighted by atomic mass is 16.5. The minimum absolute atomic E-state index is 0.138. The van der Waals surface area contributed by atoms with Crippen LogP contribution in [0.2, 0.25) is 0 Å². The van der Waals surface area contributed by atoms with E-state index in [-0.39, 0.29) is 22.3 Å². The van der Waals surface area contributed by atoms with Gasteiger partial charge in [-0.15, -0.1) is 0 Å². The molecule has 0 atom stereocenters. The summed E-state index contributed by atoms with van der Waals surface area (Å²) in [6.45, 7) is 0. The zero-order valence-corrected chi connectivity index (χ0v) is 13.3. The maximum atomic E-state index is 12.9. The molecule has 0 unspecified atom stereocenters. The molecule has 0 amide bonds. The number of aromatic hydroxyl groups is 1. The van der Waals surface area contributed by atoms with Gasteiger partial charge in [0.15, 0.2) is 11.5 Å². The number of pyridine rings is 1. The fourth-order valence-electron chi connectivity index (χ4n) is 2.92. The summed E-state index contributed by atoms with van der Waals surface area (Å²) in [5.41, 5.74) is 0.895. The van der Waals surface area contributed by atoms with Gasteiger partial charge in [-0.2, -0.15) is 0 Å². The molecule has 0 bridgehead atoms. The summed E-state index contributed by atoms with van der Waals surface area (Å²) in [4.78, 5) is 12.9. The number of hydrogen-bond acceptors (Lipinski definition) is 5. The first-order valence-corrected chi connectivity index (χ1v) is 6.98. The maximum absolute atomic E-state index is 12.9. The number of ether oxygens (including phenoxy) is 3. The molecule has 6 heteroatoms. The van der Waals surface area contributed by atoms with Crippen LogP contribution in [0.25, 0.3) is 21.8 Å². The second-order valence-electron chi connectivity index (χ2n) is 5.10. The minimum atomic E-state index is -0.287. The van der Waals surface area contributed by atoms with Crippen LogP contribution in [0.4, 0.5) is 0 Å². The van der Waals surface area contributed by atoms with Gasteiger partial charge in [0.05, 0.1) is 43.1 Å². The van der Waals surface area contributed by atoms with Crippen molar-refractivity contribution in [1.29, 1.82) is 0 Å². The molecule has 0 aliphatic heterocycles. The van der Waals surface area contributed by atoms with Crippen molar-refractivity contribution in [3.63, 3.8) is 0 Å². The van der Waals surface area contributed by atoms with Crippen LogP contribution in [-0.4, -0.2) is 31.0 Å². The standard InChI is InChI=1S/C17H17NO5/c1-18-10-8-12(22-3)17(23-4)16(20)13(10)15(19)9-6-5-7-11(21-2)14(9)18/h5-8,20H,1-4H3. The molecular formula is C17H17NO5. The average molecular weight is 315 g/mol. The Morgan fingerprint density at radius 3 is 2.35 bits per heavy atom. The molecule has 0 saturated carbocycles. The Morgan fingerprint density at radius 2 is 1.74 bits per heavy atom. The molecule has 0 aliphatic rings. The van der Waals surface area contributed by atoms with Gasteiger partial charge in [0.1, 0.15) is 5.75 Å². The van der Waals surface area contributed by atoms with Crippen LogP contribution in [0.3, 0.4) is 0 Å². The van der Waals surface area contributed by atoms with Gasteiger partial charge >= 0.3 is 0 Å². The van der Waals surface area contributed by atoms with Crippen molar-refractivity contribution in [2.75, 3.05) is 21.3 Å². The molecule has 1 N–H and O–H groups in total. The summed E-state index contributed by atoms with van der Waals surface area (Å²) < 4.78 is 17.6. The third-order valence-electron chi connectivity index (χ3n) is 4.01. The Hall–Kier alpha value is -2.89. The lowest BCUT2D eigenvalue weighted by molar-refractivity contribution is 0.335. The van der Waals surface area contributed by atoms with E-state index in [0.29, 0.717) is 27.9 Å². The molecule has 6 nitrogen and oxygen atoms in total. The maximum Gasteiger partial charge on any atom is 0.203 e. The van der Waals surface area contributed by atoms with Gasteiger partial charge in [-0.3, -0.25) is 4.79 Å². The predicted molar refractivity (Wildman–Crippen MR) is 88.0 cm³/mol. The van der Waals surface area contributed by atoms with Gasteiger partial charge in [0.25, 0.3) is 0 Å². The van der Waals surface area contributed by atoms with Crippen LogP contribution >= 0.6 is 0 Å². The number of fused-ring (bicyclic) bond motifs is 2. The number of aromatic nitrogens is 1. The van der Waals surface area contributed by atoms with E-state index in [0.717, 1.165) is 0 Å². The molecule has 0 aliphatic carbocycles. The van der Waals surface area contributed by atoms with Gasteiger partial charge in [0, 0.05) is 13.1 Å². The van der Waals surface area contributed by atoms with Crippen molar-refractivity contribution < 1.29 is 19.3 Å². The number of methoxy groups -OCH3 is 3. The number of nitrogens with zero attached hydrogens (tertiary/aromatic N) is 1. The summed E-state index contributed by atoms with van der Waals surface area (Å²) >= 11 is 0. The molecule has 0 saturated heterocycles. The number of rotatable bonds is 3. The number of phenolic OH excluding ortho intramolecular Hbond substituents is 1. The van der Waals surface area contributed by atoms with Crippen molar-refractivity contribution in [3.8, 4) is 23.0 Å². The lowest BCUT2D eigenvalue weighted by atomic mass is 10.1. The summed E-state index contributed by atoms with van der Waals surface area (Å²) in [6, 6.07) is 6.90. The van der Waals surface area contributed by atoms with Crippen molar-refractivity contribution >= 4 is 21.8 Å². The molecule has 0 spiro atoms. The average Bonchev–Trinajstić information content (AvgIpc) is 2.57. The van der Waals surface area contributed by atoms with E-state index in [4.69, 9.17) is 14.2 Å². The van der Waals surface area contributed by atoms with Crippen molar-refractivity contribution in [3.05, 3.63) is 34.5 Å². The lowest BCUT2D eigenvalue weighted by Crippen LogP contribution is -2.11. The van der Waals surface area contributed by atoms with Gasteiger partial charge in [-0.1, -0.05) is 6.07 Å². The first kappa shape index (κ1) is 15.0. The largest absolute Gasteiger partial charge is 0.504 e. The Balaban J connectivity index is 2.64. The van der Waals surface area contributed by atoms with Gasteiger partial charge < -0.3 is 23.9 Å². The summed E-state index contributed by atoms with van der Waals surface area (Å²) in [5, 5.41) is 11.1. The Labute approximate surface area is 132 Å². The van der Waals surface area contributed by atoms with Crippen LogP contribution in [0, 0.1) is 0 Å². The zero-order valence-electron chi connectivity index (χ0n) is 13.3. The molecule has 3 aromatic rings. The van der Waals surface area contributed by atoms with Crippen molar-refractivity contribution in [1.82, 2.24) is 4.57 Å². The van der Waals surface area contributed by atoms with Crippen LogP contribution in [0.1, 0.15) is 0 Å². The first-order chi connectivity index (χ1) is 11.0. The SMILES string of the molecule is COc1cc2c(c(O)c1OC)c(=O)c1cccc(OC)c1n2C. The monoisotopic (exact) mass is 315 g/mol. The van der Waals surface area contributed by atoms with E-state index in [1.165, 1.54) is 14.2 Å². The summed E-state index contributed by atoms with van der Waals surface area (Å²) in [7, 11) is 6.24. The quantitative estimate of drug-likeness (QED) is 0.752. The smallest absolute Gasteiger partial charge is 0.203 e. The van der Waals surface area contributed by atoms with Gasteiger partial charge in [0.2, 0.25) is 11.2 Å². The number of benzene rings is 2. The molecule has 120 valence electrons. The van der Waals surface area contributed by atoms with E-state index >= 15 is 0 Å². The molecule has 2 aromatic carbocycles. The van der Waals surface area contributed by atoms with Crippen LogP contribution in [0.5, 0.6) is 23.0 Å². The molecule has 3 rings (SSSR count). The number of phenols is 1. The highest BCUT2D eigenvalue weighted by molar-refractivity contribution is 6.00. The summed E-state index contributed by atoms with van der Waals surface area (Å²) in [6.07, 6.45) is 0. The fraction of sp³-hybridized carbons (Fsp3) is 0.235. The number of aryl methyl sites for hydroxylation is 1. The first-order valence-electron chi connectivity index (χ1n) is 6.98. The molecule has 23 heavy (non-hydrogen) atoms. The number of para-hydroxylation sites is 1. The Kier molecular flexibility index (Phi) is 3.52. The van der Waals surface area contributed by atoms with Gasteiger partial charge in [-0.05, 0) is 12.1 Å². The van der Waals surface area contributed by atoms with Gasteiger partial charge in [-0.25, -0.2) is 0 Å². The normalized spacial score (nSPS) is 11.0. The second-order valence-corrected chi connectivity index (χ2v) is 5.10. The zero-order chi connectivity index (χ0) is 16.7. The molecule has 1 aromatic heterocycles. The Morgan fingerprint density at radius 1 is 1.04 bits per heavy atom. The van der Waals surface area contributed by atoms with E-state index < -0.39 is 0 Å².